The molecule has 4 aliphatic carbocycles. The topological polar surface area (TPSA) is 162 Å². The third kappa shape index (κ3) is 3.15. The van der Waals surface area contributed by atoms with Crippen LogP contribution in [0.4, 0.5) is 5.69 Å². The molecule has 11 nitrogen and oxygen atoms in total. The molecule has 3 aromatic heterocycles. The molecule has 168 valence electrons. The summed E-state index contributed by atoms with van der Waals surface area (Å²) in [5, 5.41) is 30.0. The lowest BCUT2D eigenvalue weighted by Crippen LogP contribution is -2.59. The quantitative estimate of drug-likeness (QED) is 0.378. The fraction of sp³-hybridized carbons (Fsp3) is 0.571. The number of aliphatic hydroxyl groups is 2. The van der Waals surface area contributed by atoms with Crippen molar-refractivity contribution in [2.45, 2.75) is 43.7 Å². The van der Waals surface area contributed by atoms with Crippen LogP contribution >= 0.6 is 0 Å². The van der Waals surface area contributed by atoms with E-state index in [4.69, 9.17) is 9.63 Å². The molecule has 4 bridgehead atoms. The molecule has 1 amide bonds. The van der Waals surface area contributed by atoms with Gasteiger partial charge in [-0.25, -0.2) is 9.97 Å². The van der Waals surface area contributed by atoms with Gasteiger partial charge in [0.1, 0.15) is 5.52 Å². The van der Waals surface area contributed by atoms with Gasteiger partial charge in [-0.05, 0) is 49.9 Å². The number of fused-ring (bicyclic) bond motifs is 1. The highest BCUT2D eigenvalue weighted by molar-refractivity contribution is 5.95. The summed E-state index contributed by atoms with van der Waals surface area (Å²) >= 11 is 0. The number of amides is 1. The predicted molar refractivity (Wildman–Crippen MR) is 113 cm³/mol. The van der Waals surface area contributed by atoms with Gasteiger partial charge in [-0.2, -0.15) is 4.98 Å². The molecule has 0 spiro atoms. The number of hydrogen-bond donors (Lipinski definition) is 5. The zero-order valence-corrected chi connectivity index (χ0v) is 17.4. The normalized spacial score (nSPS) is 30.7. The van der Waals surface area contributed by atoms with Crippen molar-refractivity contribution in [2.24, 2.45) is 17.8 Å². The van der Waals surface area contributed by atoms with Gasteiger partial charge in [0, 0.05) is 18.8 Å². The third-order valence-corrected chi connectivity index (χ3v) is 7.26. The summed E-state index contributed by atoms with van der Waals surface area (Å²) in [6, 6.07) is 0.215. The Morgan fingerprint density at radius 1 is 1.25 bits per heavy atom. The second-order valence-electron chi connectivity index (χ2n) is 9.41. The molecule has 0 aliphatic heterocycles. The van der Waals surface area contributed by atoms with Crippen LogP contribution in [-0.4, -0.2) is 66.0 Å². The molecular formula is C21H25N7O4. The fourth-order valence-electron chi connectivity index (χ4n) is 6.26. The molecular weight excluding hydrogens is 414 g/mol. The number of pyridine rings is 1. The molecule has 3 heterocycles. The SMILES string of the molecule is O=C(NCCO)c1nc(-c2cnc3[nH]cnc3c2N[C@H]2[C@@H]3CC4C[C@H]2C[C@@](O)(C4)C3)no1. The Hall–Kier alpha value is -3.05. The van der Waals surface area contributed by atoms with E-state index in [0.29, 0.717) is 34.5 Å². The van der Waals surface area contributed by atoms with Crippen molar-refractivity contribution in [1.29, 1.82) is 0 Å². The number of aliphatic hydroxyl groups excluding tert-OH is 1. The van der Waals surface area contributed by atoms with Crippen molar-refractivity contribution in [2.75, 3.05) is 18.5 Å². The third-order valence-electron chi connectivity index (χ3n) is 7.26. The standard InChI is InChI=1S/C21H25N7O4/c29-2-1-22-19(30)20-27-17(28-32-20)13-8-23-18-16(24-9-25-18)15(13)26-14-11-3-10-4-12(14)7-21(31,5-10)6-11/h8-12,14,29,31H,1-7H2,(H,22,30)(H2,23,24,25,26)/t10?,11-,12+,14+,21-. The number of carbonyl (C=O) groups excluding carboxylic acids is 1. The summed E-state index contributed by atoms with van der Waals surface area (Å²) < 4.78 is 5.15. The largest absolute Gasteiger partial charge is 0.395 e. The molecule has 7 rings (SSSR count). The van der Waals surface area contributed by atoms with E-state index in [-0.39, 0.29) is 30.9 Å². The highest BCUT2D eigenvalue weighted by Crippen LogP contribution is 2.56. The Bertz CT molecular complexity index is 1160. The zero-order valence-electron chi connectivity index (χ0n) is 17.4. The van der Waals surface area contributed by atoms with Crippen LogP contribution in [0.5, 0.6) is 0 Å². The van der Waals surface area contributed by atoms with E-state index in [2.05, 4.69) is 35.7 Å². The second kappa shape index (κ2) is 7.24. The Morgan fingerprint density at radius 3 is 2.81 bits per heavy atom. The molecule has 11 heteroatoms. The Morgan fingerprint density at radius 2 is 2.06 bits per heavy atom. The molecule has 5 atom stereocenters. The average Bonchev–Trinajstić information content (AvgIpc) is 3.43. The molecule has 0 aromatic carbocycles. The van der Waals surface area contributed by atoms with E-state index in [1.54, 1.807) is 12.5 Å². The number of aromatic nitrogens is 5. The van der Waals surface area contributed by atoms with Gasteiger partial charge >= 0.3 is 11.8 Å². The van der Waals surface area contributed by atoms with Crippen LogP contribution in [0.1, 0.15) is 42.8 Å². The molecule has 0 saturated heterocycles. The van der Waals surface area contributed by atoms with E-state index in [9.17, 15) is 9.90 Å². The number of hydrogen-bond acceptors (Lipinski definition) is 9. The van der Waals surface area contributed by atoms with Crippen molar-refractivity contribution in [3.63, 3.8) is 0 Å². The molecule has 32 heavy (non-hydrogen) atoms. The molecule has 4 saturated carbocycles. The van der Waals surface area contributed by atoms with Crippen LogP contribution in [0.15, 0.2) is 17.0 Å². The highest BCUT2D eigenvalue weighted by atomic mass is 16.5. The van der Waals surface area contributed by atoms with Gasteiger partial charge in [0.15, 0.2) is 5.65 Å². The predicted octanol–water partition coefficient (Wildman–Crippen LogP) is 1.08. The number of imidazole rings is 1. The summed E-state index contributed by atoms with van der Waals surface area (Å²) in [7, 11) is 0. The van der Waals surface area contributed by atoms with Crippen LogP contribution in [0, 0.1) is 17.8 Å². The maximum Gasteiger partial charge on any atom is 0.316 e. The van der Waals surface area contributed by atoms with Crippen LogP contribution < -0.4 is 10.6 Å². The maximum atomic E-state index is 12.1. The fourth-order valence-corrected chi connectivity index (χ4v) is 6.26. The number of nitrogens with zero attached hydrogens (tertiary/aromatic N) is 4. The van der Waals surface area contributed by atoms with Crippen LogP contribution in [-0.2, 0) is 0 Å². The lowest BCUT2D eigenvalue weighted by Gasteiger charge is -2.58. The van der Waals surface area contributed by atoms with E-state index in [1.165, 1.54) is 0 Å². The first-order valence-corrected chi connectivity index (χ1v) is 11.1. The first-order valence-electron chi connectivity index (χ1n) is 11.1. The Kier molecular flexibility index (Phi) is 4.44. The van der Waals surface area contributed by atoms with Crippen LogP contribution in [0.3, 0.4) is 0 Å². The molecule has 5 N–H and O–H groups in total. The number of rotatable bonds is 6. The van der Waals surface area contributed by atoms with Gasteiger partial charge in [0.05, 0.1) is 29.8 Å². The Balaban J connectivity index is 1.35. The monoisotopic (exact) mass is 439 g/mol. The average molecular weight is 439 g/mol. The molecule has 3 aromatic rings. The first-order chi connectivity index (χ1) is 15.5. The van der Waals surface area contributed by atoms with Crippen LogP contribution in [0.2, 0.25) is 0 Å². The van der Waals surface area contributed by atoms with Crippen molar-refractivity contribution in [3.8, 4) is 11.4 Å². The summed E-state index contributed by atoms with van der Waals surface area (Å²) in [5.41, 5.74) is 2.15. The summed E-state index contributed by atoms with van der Waals surface area (Å²) in [5.74, 6) is 0.906. The first kappa shape index (κ1) is 19.6. The molecule has 0 radical (unpaired) electrons. The maximum absolute atomic E-state index is 12.1. The van der Waals surface area contributed by atoms with Gasteiger partial charge in [-0.15, -0.1) is 0 Å². The highest BCUT2D eigenvalue weighted by Gasteiger charge is 2.54. The van der Waals surface area contributed by atoms with E-state index >= 15 is 0 Å². The van der Waals surface area contributed by atoms with Gasteiger partial charge in [0.25, 0.3) is 0 Å². The lowest BCUT2D eigenvalue weighted by molar-refractivity contribution is -0.129. The Labute approximate surface area is 183 Å². The number of carbonyl (C=O) groups is 1. The van der Waals surface area contributed by atoms with Crippen LogP contribution in [0.25, 0.3) is 22.6 Å². The minimum atomic E-state index is -0.546. The molecule has 4 fully saturated rings. The molecule has 4 aliphatic rings. The van der Waals surface area contributed by atoms with Gasteiger partial charge in [-0.1, -0.05) is 5.16 Å². The molecule has 1 unspecified atom stereocenters. The lowest BCUT2D eigenvalue weighted by atomic mass is 9.52. The van der Waals surface area contributed by atoms with E-state index < -0.39 is 11.5 Å². The minimum Gasteiger partial charge on any atom is -0.395 e. The number of nitrogens with one attached hydrogen (secondary N) is 3. The van der Waals surface area contributed by atoms with Gasteiger partial charge in [0.2, 0.25) is 5.82 Å². The zero-order chi connectivity index (χ0) is 21.9. The smallest absolute Gasteiger partial charge is 0.316 e. The van der Waals surface area contributed by atoms with Crippen molar-refractivity contribution in [1.82, 2.24) is 30.4 Å². The number of anilines is 1. The van der Waals surface area contributed by atoms with Crippen molar-refractivity contribution < 1.29 is 19.5 Å². The summed E-state index contributed by atoms with van der Waals surface area (Å²) in [6.07, 6.45) is 8.05. The van der Waals surface area contributed by atoms with E-state index in [0.717, 1.165) is 37.8 Å². The number of H-pyrrole nitrogens is 1. The van der Waals surface area contributed by atoms with Gasteiger partial charge in [-0.3, -0.25) is 4.79 Å². The minimum absolute atomic E-state index is 0.0991. The van der Waals surface area contributed by atoms with E-state index in [1.807, 2.05) is 0 Å². The summed E-state index contributed by atoms with van der Waals surface area (Å²) in [4.78, 5) is 28.3. The van der Waals surface area contributed by atoms with Crippen molar-refractivity contribution in [3.05, 3.63) is 18.4 Å². The summed E-state index contributed by atoms with van der Waals surface area (Å²) in [6.45, 7) is -0.0812. The van der Waals surface area contributed by atoms with Crippen molar-refractivity contribution >= 4 is 22.8 Å². The number of aromatic amines is 1. The van der Waals surface area contributed by atoms with Gasteiger partial charge < -0.3 is 30.4 Å². The second-order valence-corrected chi connectivity index (χ2v) is 9.41.